The number of benzene rings is 1. The molecule has 1 aromatic carbocycles. The average molecular weight is 355 g/mol. The predicted molar refractivity (Wildman–Crippen MR) is 80.0 cm³/mol. The number of aromatic carboxylic acids is 1. The zero-order chi connectivity index (χ0) is 13.3. The molecule has 3 nitrogen and oxygen atoms in total. The Kier molecular flexibility index (Phi) is 3.75. The van der Waals surface area contributed by atoms with Crippen LogP contribution in [0.1, 0.15) is 23.0 Å². The lowest BCUT2D eigenvalue weighted by Gasteiger charge is -2.09. The molecule has 0 aliphatic rings. The number of nitrogens with zero attached hydrogens (tertiary/aromatic N) is 1. The van der Waals surface area contributed by atoms with Crippen molar-refractivity contribution in [3.8, 4) is 11.3 Å². The van der Waals surface area contributed by atoms with Crippen molar-refractivity contribution in [3.63, 3.8) is 0 Å². The van der Waals surface area contributed by atoms with Gasteiger partial charge in [-0.3, -0.25) is 0 Å². The van der Waals surface area contributed by atoms with Gasteiger partial charge in [0.2, 0.25) is 0 Å². The second-order valence-electron chi connectivity index (χ2n) is 4.08. The molecule has 18 heavy (non-hydrogen) atoms. The number of rotatable bonds is 3. The van der Waals surface area contributed by atoms with Crippen molar-refractivity contribution in [2.75, 3.05) is 0 Å². The highest BCUT2D eigenvalue weighted by Gasteiger charge is 2.16. The third kappa shape index (κ3) is 2.29. The zero-order valence-corrected chi connectivity index (χ0v) is 12.4. The van der Waals surface area contributed by atoms with E-state index in [1.54, 1.807) is 6.07 Å². The van der Waals surface area contributed by atoms with Crippen molar-refractivity contribution >= 4 is 28.6 Å². The van der Waals surface area contributed by atoms with E-state index in [2.05, 4.69) is 22.6 Å². The third-order valence-corrected chi connectivity index (χ3v) is 3.77. The quantitative estimate of drug-likeness (QED) is 0.852. The average Bonchev–Trinajstić information content (AvgIpc) is 2.67. The Morgan fingerprint density at radius 2 is 1.94 bits per heavy atom. The van der Waals surface area contributed by atoms with Gasteiger partial charge in [0.15, 0.2) is 0 Å². The number of hydrogen-bond donors (Lipinski definition) is 1. The molecule has 0 unspecified atom stereocenters. The van der Waals surface area contributed by atoms with Gasteiger partial charge in [0.05, 0.1) is 5.56 Å². The fourth-order valence-electron chi connectivity index (χ4n) is 2.13. The van der Waals surface area contributed by atoms with Crippen LogP contribution in [0.2, 0.25) is 0 Å². The van der Waals surface area contributed by atoms with Crippen molar-refractivity contribution in [3.05, 3.63) is 45.2 Å². The van der Waals surface area contributed by atoms with Crippen LogP contribution in [0.4, 0.5) is 0 Å². The smallest absolute Gasteiger partial charge is 0.337 e. The van der Waals surface area contributed by atoms with Crippen LogP contribution in [0.3, 0.4) is 0 Å². The lowest BCUT2D eigenvalue weighted by Crippen LogP contribution is -2.02. The Balaban J connectivity index is 2.60. The topological polar surface area (TPSA) is 42.2 Å². The molecule has 0 fully saturated rings. The van der Waals surface area contributed by atoms with Crippen molar-refractivity contribution in [2.45, 2.75) is 20.4 Å². The standard InChI is InChI=1S/C14H14INO2/c1-3-16-9(2)12(14(17)18)8-13(16)10-4-6-11(15)7-5-10/h4-8H,3H2,1-2H3,(H,17,18). The van der Waals surface area contributed by atoms with E-state index in [1.165, 1.54) is 3.57 Å². The van der Waals surface area contributed by atoms with Gasteiger partial charge >= 0.3 is 5.97 Å². The normalized spacial score (nSPS) is 10.6. The SMILES string of the molecule is CCn1c(-c2ccc(I)cc2)cc(C(=O)O)c1C. The first-order valence-corrected chi connectivity index (χ1v) is 6.81. The lowest BCUT2D eigenvalue weighted by molar-refractivity contribution is 0.0696. The second kappa shape index (κ2) is 5.14. The summed E-state index contributed by atoms with van der Waals surface area (Å²) in [6.07, 6.45) is 0. The summed E-state index contributed by atoms with van der Waals surface area (Å²) >= 11 is 2.26. The van der Waals surface area contributed by atoms with Crippen LogP contribution < -0.4 is 0 Å². The highest BCUT2D eigenvalue weighted by molar-refractivity contribution is 14.1. The van der Waals surface area contributed by atoms with E-state index in [1.807, 2.05) is 42.7 Å². The Labute approximate surface area is 120 Å². The molecule has 1 N–H and O–H groups in total. The van der Waals surface area contributed by atoms with Crippen LogP contribution in [0, 0.1) is 10.5 Å². The molecule has 0 radical (unpaired) electrons. The molecule has 2 rings (SSSR count). The van der Waals surface area contributed by atoms with Gasteiger partial charge in [-0.25, -0.2) is 4.79 Å². The van der Waals surface area contributed by atoms with Gasteiger partial charge in [-0.05, 0) is 60.2 Å². The largest absolute Gasteiger partial charge is 0.478 e. The Morgan fingerprint density at radius 3 is 2.44 bits per heavy atom. The molecule has 4 heteroatoms. The fourth-order valence-corrected chi connectivity index (χ4v) is 2.49. The minimum absolute atomic E-state index is 0.380. The number of halogens is 1. The van der Waals surface area contributed by atoms with Crippen molar-refractivity contribution < 1.29 is 9.90 Å². The summed E-state index contributed by atoms with van der Waals surface area (Å²) in [5, 5.41) is 9.18. The molecule has 0 atom stereocenters. The maximum atomic E-state index is 11.2. The van der Waals surface area contributed by atoms with Crippen LogP contribution in [-0.2, 0) is 6.54 Å². The third-order valence-electron chi connectivity index (χ3n) is 3.05. The number of carboxylic acids is 1. The van der Waals surface area contributed by atoms with Gasteiger partial charge < -0.3 is 9.67 Å². The molecule has 1 aromatic heterocycles. The minimum Gasteiger partial charge on any atom is -0.478 e. The van der Waals surface area contributed by atoms with Gasteiger partial charge in [-0.15, -0.1) is 0 Å². The number of aromatic nitrogens is 1. The zero-order valence-electron chi connectivity index (χ0n) is 10.3. The summed E-state index contributed by atoms with van der Waals surface area (Å²) in [4.78, 5) is 11.2. The first-order valence-electron chi connectivity index (χ1n) is 5.74. The summed E-state index contributed by atoms with van der Waals surface area (Å²) < 4.78 is 3.20. The minimum atomic E-state index is -0.869. The van der Waals surface area contributed by atoms with E-state index in [-0.39, 0.29) is 0 Å². The highest BCUT2D eigenvalue weighted by atomic mass is 127. The maximum Gasteiger partial charge on any atom is 0.337 e. The van der Waals surface area contributed by atoms with Gasteiger partial charge in [0.1, 0.15) is 0 Å². The Morgan fingerprint density at radius 1 is 1.33 bits per heavy atom. The molecule has 0 aliphatic carbocycles. The molecule has 0 aliphatic heterocycles. The summed E-state index contributed by atoms with van der Waals surface area (Å²) in [5.74, 6) is -0.869. The molecule has 2 aromatic rings. The van der Waals surface area contributed by atoms with E-state index in [0.29, 0.717) is 5.56 Å². The van der Waals surface area contributed by atoms with E-state index >= 15 is 0 Å². The van der Waals surface area contributed by atoms with Gasteiger partial charge in [0.25, 0.3) is 0 Å². The van der Waals surface area contributed by atoms with Crippen LogP contribution in [0.25, 0.3) is 11.3 Å². The molecule has 0 saturated carbocycles. The molecule has 0 amide bonds. The molecule has 1 heterocycles. The highest BCUT2D eigenvalue weighted by Crippen LogP contribution is 2.26. The van der Waals surface area contributed by atoms with Gasteiger partial charge in [-0.2, -0.15) is 0 Å². The van der Waals surface area contributed by atoms with Gasteiger partial charge in [-0.1, -0.05) is 12.1 Å². The summed E-state index contributed by atoms with van der Waals surface area (Å²) in [7, 11) is 0. The first-order chi connectivity index (χ1) is 8.54. The van der Waals surface area contributed by atoms with E-state index in [0.717, 1.165) is 23.5 Å². The maximum absolute atomic E-state index is 11.2. The van der Waals surface area contributed by atoms with Gasteiger partial charge in [0, 0.05) is 21.5 Å². The summed E-state index contributed by atoms with van der Waals surface area (Å²) in [6.45, 7) is 4.64. The molecule has 0 bridgehead atoms. The van der Waals surface area contributed by atoms with E-state index in [4.69, 9.17) is 0 Å². The Bertz CT molecular complexity index is 585. The number of carbonyl (C=O) groups is 1. The summed E-state index contributed by atoms with van der Waals surface area (Å²) in [5.41, 5.74) is 3.20. The van der Waals surface area contributed by atoms with Crippen LogP contribution in [0.15, 0.2) is 30.3 Å². The van der Waals surface area contributed by atoms with Crippen LogP contribution in [0.5, 0.6) is 0 Å². The monoisotopic (exact) mass is 355 g/mol. The first kappa shape index (κ1) is 13.1. The lowest BCUT2D eigenvalue weighted by atomic mass is 10.1. The molecule has 0 spiro atoms. The summed E-state index contributed by atoms with van der Waals surface area (Å²) in [6, 6.07) is 9.85. The van der Waals surface area contributed by atoms with Crippen molar-refractivity contribution in [1.29, 1.82) is 0 Å². The second-order valence-corrected chi connectivity index (χ2v) is 5.33. The van der Waals surface area contributed by atoms with E-state index < -0.39 is 5.97 Å². The van der Waals surface area contributed by atoms with Crippen molar-refractivity contribution in [1.82, 2.24) is 4.57 Å². The predicted octanol–water partition coefficient (Wildman–Crippen LogP) is 3.79. The van der Waals surface area contributed by atoms with Crippen LogP contribution in [-0.4, -0.2) is 15.6 Å². The Hall–Kier alpha value is -1.30. The van der Waals surface area contributed by atoms with E-state index in [9.17, 15) is 9.90 Å². The van der Waals surface area contributed by atoms with Crippen LogP contribution >= 0.6 is 22.6 Å². The van der Waals surface area contributed by atoms with Crippen molar-refractivity contribution in [2.24, 2.45) is 0 Å². The molecular formula is C14H14INO2. The molecular weight excluding hydrogens is 341 g/mol. The molecule has 94 valence electrons. The number of hydrogen-bond acceptors (Lipinski definition) is 1. The number of carboxylic acid groups (broad SMARTS) is 1. The molecule has 0 saturated heterocycles. The fraction of sp³-hybridized carbons (Fsp3) is 0.214.